The van der Waals surface area contributed by atoms with Crippen molar-refractivity contribution in [3.63, 3.8) is 0 Å². The molecule has 2 aliphatic carbocycles. The maximum absolute atomic E-state index is 13.0. The summed E-state index contributed by atoms with van der Waals surface area (Å²) in [5.74, 6) is -0.311. The summed E-state index contributed by atoms with van der Waals surface area (Å²) >= 11 is 3.42. The Morgan fingerprint density at radius 1 is 1.21 bits per heavy atom. The number of hydrogen-bond donors (Lipinski definition) is 3. The van der Waals surface area contributed by atoms with E-state index in [9.17, 15) is 19.8 Å². The van der Waals surface area contributed by atoms with Gasteiger partial charge in [-0.1, -0.05) is 34.1 Å². The summed E-state index contributed by atoms with van der Waals surface area (Å²) in [5.41, 5.74) is 0.921. The van der Waals surface area contributed by atoms with Crippen LogP contribution < -0.4 is 5.32 Å². The lowest BCUT2D eigenvalue weighted by atomic mass is 9.49. The summed E-state index contributed by atoms with van der Waals surface area (Å²) < 4.78 is 1.01. The third-order valence-corrected chi connectivity index (χ3v) is 8.63. The summed E-state index contributed by atoms with van der Waals surface area (Å²) in [5, 5.41) is 26.2. The fourth-order valence-corrected chi connectivity index (χ4v) is 6.64. The van der Waals surface area contributed by atoms with Gasteiger partial charge in [0.1, 0.15) is 11.5 Å². The number of nitrogens with zero attached hydrogens (tertiary/aromatic N) is 1. The first kappa shape index (κ1) is 22.6. The fraction of sp³-hybridized carbons (Fsp3) is 0.462. The van der Waals surface area contributed by atoms with E-state index in [-0.39, 0.29) is 35.5 Å². The van der Waals surface area contributed by atoms with Crippen LogP contribution in [0.1, 0.15) is 52.7 Å². The number of aromatic hydroxyl groups is 1. The van der Waals surface area contributed by atoms with Crippen LogP contribution in [0.5, 0.6) is 5.75 Å². The summed E-state index contributed by atoms with van der Waals surface area (Å²) in [6.45, 7) is 1.18. The molecule has 5 rings (SSSR count). The molecule has 3 atom stereocenters. The molecule has 6 nitrogen and oxygen atoms in total. The van der Waals surface area contributed by atoms with Crippen LogP contribution in [-0.2, 0) is 23.1 Å². The van der Waals surface area contributed by atoms with Crippen LogP contribution in [0.4, 0.5) is 0 Å². The summed E-state index contributed by atoms with van der Waals surface area (Å²) in [6.07, 6.45) is 2.81. The van der Waals surface area contributed by atoms with Gasteiger partial charge in [0.25, 0.3) is 5.91 Å². The van der Waals surface area contributed by atoms with Crippen LogP contribution in [0, 0.1) is 0 Å². The number of hydrogen-bond acceptors (Lipinski definition) is 5. The minimum Gasteiger partial charge on any atom is -0.507 e. The van der Waals surface area contributed by atoms with Gasteiger partial charge in [0.05, 0.1) is 11.2 Å². The Bertz CT molecular complexity index is 1120. The second-order valence-electron chi connectivity index (χ2n) is 9.80. The highest BCUT2D eigenvalue weighted by atomic mass is 79.9. The number of carbonyl (C=O) groups excluding carboxylic acids is 2. The zero-order valence-corrected chi connectivity index (χ0v) is 20.3. The van der Waals surface area contributed by atoms with Gasteiger partial charge in [-0.15, -0.1) is 0 Å². The van der Waals surface area contributed by atoms with E-state index in [1.807, 2.05) is 37.4 Å². The summed E-state index contributed by atoms with van der Waals surface area (Å²) in [4.78, 5) is 27.8. The summed E-state index contributed by atoms with van der Waals surface area (Å²) in [7, 11) is 2.01. The van der Waals surface area contributed by atoms with Crippen LogP contribution >= 0.6 is 15.9 Å². The van der Waals surface area contributed by atoms with Gasteiger partial charge in [-0.05, 0) is 68.6 Å². The minimum absolute atomic E-state index is 0.0789. The number of halogens is 1. The number of rotatable bonds is 4. The molecule has 3 N–H and O–H groups in total. The number of aliphatic hydroxyl groups is 1. The van der Waals surface area contributed by atoms with Gasteiger partial charge >= 0.3 is 0 Å². The standard InChI is InChI=1S/C26H29BrN2O4/c1-29-13-11-25-15-19(30)8-10-26(25,33)21(29)14-17-4-7-20(23(31)22(17)25)24(32)28-12-9-16-2-5-18(27)6-3-16/h2-7,21,31,33H,8-15H2,1H3,(H,28,32)/t21?,25-,26?/m1/s1. The predicted molar refractivity (Wildman–Crippen MR) is 129 cm³/mol. The molecule has 0 spiro atoms. The number of fused-ring (bicyclic) bond motifs is 1. The van der Waals surface area contributed by atoms with Crippen molar-refractivity contribution in [2.45, 2.75) is 55.6 Å². The Labute approximate surface area is 202 Å². The monoisotopic (exact) mass is 512 g/mol. The number of phenolic OH excluding ortho intramolecular Hbond substituents is 1. The largest absolute Gasteiger partial charge is 0.507 e. The molecule has 0 radical (unpaired) electrons. The molecule has 7 heteroatoms. The van der Waals surface area contributed by atoms with E-state index in [0.717, 1.165) is 22.1 Å². The molecule has 1 amide bonds. The molecule has 1 heterocycles. The molecule has 174 valence electrons. The van der Waals surface area contributed by atoms with Crippen molar-refractivity contribution in [2.24, 2.45) is 0 Å². The number of benzene rings is 2. The normalized spacial score (nSPS) is 28.7. The van der Waals surface area contributed by atoms with Crippen molar-refractivity contribution in [1.29, 1.82) is 0 Å². The molecular weight excluding hydrogens is 484 g/mol. The molecule has 2 aromatic rings. The molecule has 2 fully saturated rings. The highest BCUT2D eigenvalue weighted by Crippen LogP contribution is 2.59. The lowest BCUT2D eigenvalue weighted by molar-refractivity contribution is -0.169. The van der Waals surface area contributed by atoms with E-state index in [1.54, 1.807) is 6.07 Å². The Morgan fingerprint density at radius 3 is 2.73 bits per heavy atom. The smallest absolute Gasteiger partial charge is 0.255 e. The third kappa shape index (κ3) is 3.52. The second-order valence-corrected chi connectivity index (χ2v) is 10.7. The first-order valence-electron chi connectivity index (χ1n) is 11.6. The highest BCUT2D eigenvalue weighted by Gasteiger charge is 2.65. The van der Waals surface area contributed by atoms with Gasteiger partial charge < -0.3 is 20.4 Å². The zero-order valence-electron chi connectivity index (χ0n) is 18.7. The predicted octanol–water partition coefficient (Wildman–Crippen LogP) is 3.11. The fourth-order valence-electron chi connectivity index (χ4n) is 6.38. The molecule has 3 aliphatic rings. The lowest BCUT2D eigenvalue weighted by Gasteiger charge is -2.62. The van der Waals surface area contributed by atoms with Crippen molar-refractivity contribution < 1.29 is 19.8 Å². The Kier molecular flexibility index (Phi) is 5.62. The number of piperidine rings is 1. The van der Waals surface area contributed by atoms with E-state index in [0.29, 0.717) is 44.2 Å². The quantitative estimate of drug-likeness (QED) is 0.585. The first-order valence-corrected chi connectivity index (χ1v) is 12.4. The molecule has 2 unspecified atom stereocenters. The van der Waals surface area contributed by atoms with Gasteiger partial charge in [-0.3, -0.25) is 9.59 Å². The van der Waals surface area contributed by atoms with E-state index in [4.69, 9.17) is 0 Å². The topological polar surface area (TPSA) is 89.9 Å². The number of phenols is 1. The number of carbonyl (C=O) groups is 2. The van der Waals surface area contributed by atoms with Crippen LogP contribution in [0.3, 0.4) is 0 Å². The third-order valence-electron chi connectivity index (χ3n) is 8.10. The van der Waals surface area contributed by atoms with Gasteiger partial charge in [-0.2, -0.15) is 0 Å². The van der Waals surface area contributed by atoms with Crippen molar-refractivity contribution in [3.05, 3.63) is 63.1 Å². The molecule has 2 bridgehead atoms. The van der Waals surface area contributed by atoms with Crippen LogP contribution in [0.25, 0.3) is 0 Å². The molecule has 33 heavy (non-hydrogen) atoms. The number of nitrogens with one attached hydrogen (secondary N) is 1. The van der Waals surface area contributed by atoms with Crippen LogP contribution in [0.15, 0.2) is 40.9 Å². The van der Waals surface area contributed by atoms with Gasteiger partial charge in [0, 0.05) is 40.9 Å². The highest BCUT2D eigenvalue weighted by molar-refractivity contribution is 9.10. The van der Waals surface area contributed by atoms with Crippen molar-refractivity contribution in [3.8, 4) is 5.75 Å². The zero-order chi connectivity index (χ0) is 23.4. The van der Waals surface area contributed by atoms with Crippen LogP contribution in [-0.4, -0.2) is 58.6 Å². The van der Waals surface area contributed by atoms with Gasteiger partial charge in [0.2, 0.25) is 0 Å². The van der Waals surface area contributed by atoms with Crippen LogP contribution in [0.2, 0.25) is 0 Å². The average molecular weight is 513 g/mol. The Balaban J connectivity index is 1.45. The number of likely N-dealkylation sites (N-methyl/N-ethyl adjacent to an activating group) is 1. The van der Waals surface area contributed by atoms with Gasteiger partial charge in [0.15, 0.2) is 0 Å². The molecular formula is C26H29BrN2O4. The van der Waals surface area contributed by atoms with E-state index in [1.165, 1.54) is 0 Å². The number of amides is 1. The molecule has 1 aliphatic heterocycles. The lowest BCUT2D eigenvalue weighted by Crippen LogP contribution is -2.72. The number of Topliss-reactive ketones (excluding diaryl/α,β-unsaturated/α-hetero) is 1. The van der Waals surface area contributed by atoms with Gasteiger partial charge in [-0.25, -0.2) is 0 Å². The minimum atomic E-state index is -1.09. The van der Waals surface area contributed by atoms with E-state index >= 15 is 0 Å². The Morgan fingerprint density at radius 2 is 1.97 bits per heavy atom. The van der Waals surface area contributed by atoms with E-state index < -0.39 is 11.0 Å². The molecule has 1 saturated carbocycles. The van der Waals surface area contributed by atoms with Crippen molar-refractivity contribution >= 4 is 27.6 Å². The maximum atomic E-state index is 13.0. The maximum Gasteiger partial charge on any atom is 0.255 e. The van der Waals surface area contributed by atoms with E-state index in [2.05, 4.69) is 26.1 Å². The molecule has 2 aromatic carbocycles. The average Bonchev–Trinajstić information content (AvgIpc) is 2.78. The first-order chi connectivity index (χ1) is 15.7. The SMILES string of the molecule is CN1CC[C@]23CC(=O)CCC2(O)C1Cc1ccc(C(=O)NCCc2ccc(Br)cc2)c(O)c13. The van der Waals surface area contributed by atoms with Crippen molar-refractivity contribution in [1.82, 2.24) is 10.2 Å². The number of ketones is 1. The number of likely N-dealkylation sites (tertiary alicyclic amines) is 1. The molecule has 0 aromatic heterocycles. The molecule has 1 saturated heterocycles. The second kappa shape index (κ2) is 8.22. The summed E-state index contributed by atoms with van der Waals surface area (Å²) in [6, 6.07) is 11.4. The van der Waals surface area contributed by atoms with Crippen molar-refractivity contribution in [2.75, 3.05) is 20.1 Å². The Hall–Kier alpha value is -2.22.